The monoisotopic (exact) mass is 326 g/mol. The van der Waals surface area contributed by atoms with E-state index in [0.29, 0.717) is 6.42 Å². The Labute approximate surface area is 141 Å². The third-order valence-electron chi connectivity index (χ3n) is 3.78. The van der Waals surface area contributed by atoms with Gasteiger partial charge in [0.2, 0.25) is 0 Å². The zero-order valence-corrected chi connectivity index (χ0v) is 14.8. The van der Waals surface area contributed by atoms with E-state index >= 15 is 0 Å². The lowest BCUT2D eigenvalue weighted by atomic mass is 10.1. The Morgan fingerprint density at radius 3 is 2.48 bits per heavy atom. The van der Waals surface area contributed by atoms with Gasteiger partial charge in [-0.2, -0.15) is 0 Å². The van der Waals surface area contributed by atoms with Crippen molar-refractivity contribution in [2.75, 3.05) is 7.11 Å². The molecule has 0 aromatic carbocycles. The van der Waals surface area contributed by atoms with Gasteiger partial charge in [-0.3, -0.25) is 10.1 Å². The fraction of sp³-hybridized carbons (Fsp3) is 0.737. The predicted molar refractivity (Wildman–Crippen MR) is 94.3 cm³/mol. The average Bonchev–Trinajstić information content (AvgIpc) is 2.57. The zero-order chi connectivity index (χ0) is 17.2. The number of hydrogen-bond donors (Lipinski definition) is 1. The van der Waals surface area contributed by atoms with E-state index in [0.717, 1.165) is 32.1 Å². The van der Waals surface area contributed by atoms with Gasteiger partial charge in [-0.15, -0.1) is 0 Å². The van der Waals surface area contributed by atoms with Gasteiger partial charge in [-0.25, -0.2) is 4.89 Å². The van der Waals surface area contributed by atoms with Crippen LogP contribution in [0.5, 0.6) is 0 Å². The summed E-state index contributed by atoms with van der Waals surface area (Å²) in [4.78, 5) is 15.4. The van der Waals surface area contributed by atoms with Crippen LogP contribution in [-0.2, 0) is 14.4 Å². The lowest BCUT2D eigenvalue weighted by molar-refractivity contribution is -0.267. The smallest absolute Gasteiger partial charge is 0.305 e. The number of methoxy groups -OCH3 is 1. The molecule has 0 saturated heterocycles. The molecule has 0 rings (SSSR count). The van der Waals surface area contributed by atoms with Crippen LogP contribution >= 0.6 is 0 Å². The number of allylic oxidation sites excluding steroid dienone is 3. The molecule has 0 amide bonds. The van der Waals surface area contributed by atoms with Gasteiger partial charge in [-0.05, 0) is 25.7 Å². The number of esters is 1. The van der Waals surface area contributed by atoms with Crippen LogP contribution < -0.4 is 0 Å². The Balaban J connectivity index is 3.51. The SMILES string of the molecule is CCCCC[C@@H](/C=C/C=C\CCCCCCCC(=O)OC)OO. The van der Waals surface area contributed by atoms with E-state index in [2.05, 4.69) is 22.6 Å². The number of carbonyl (C=O) groups is 1. The molecule has 0 aromatic rings. The van der Waals surface area contributed by atoms with Crippen molar-refractivity contribution in [2.45, 2.75) is 83.7 Å². The van der Waals surface area contributed by atoms with Gasteiger partial charge in [0.1, 0.15) is 6.10 Å². The maximum absolute atomic E-state index is 10.9. The van der Waals surface area contributed by atoms with Gasteiger partial charge < -0.3 is 4.74 Å². The minimum absolute atomic E-state index is 0.112. The maximum Gasteiger partial charge on any atom is 0.305 e. The van der Waals surface area contributed by atoms with E-state index in [-0.39, 0.29) is 12.1 Å². The van der Waals surface area contributed by atoms with Crippen molar-refractivity contribution in [3.05, 3.63) is 24.3 Å². The van der Waals surface area contributed by atoms with Crippen LogP contribution in [0.4, 0.5) is 0 Å². The molecule has 0 aromatic heterocycles. The minimum Gasteiger partial charge on any atom is -0.469 e. The second-order valence-corrected chi connectivity index (χ2v) is 5.84. The third-order valence-corrected chi connectivity index (χ3v) is 3.78. The topological polar surface area (TPSA) is 55.8 Å². The summed E-state index contributed by atoms with van der Waals surface area (Å²) >= 11 is 0. The summed E-state index contributed by atoms with van der Waals surface area (Å²) in [5.41, 5.74) is 0. The molecule has 134 valence electrons. The second-order valence-electron chi connectivity index (χ2n) is 5.84. The van der Waals surface area contributed by atoms with Crippen LogP contribution in [0, 0.1) is 0 Å². The predicted octanol–water partition coefficient (Wildman–Crippen LogP) is 5.44. The van der Waals surface area contributed by atoms with Gasteiger partial charge in [-0.1, -0.05) is 69.8 Å². The molecule has 0 heterocycles. The van der Waals surface area contributed by atoms with Crippen molar-refractivity contribution in [3.8, 4) is 0 Å². The Morgan fingerprint density at radius 2 is 1.78 bits per heavy atom. The molecule has 4 nitrogen and oxygen atoms in total. The van der Waals surface area contributed by atoms with Crippen molar-refractivity contribution < 1.29 is 19.7 Å². The molecule has 0 spiro atoms. The summed E-state index contributed by atoms with van der Waals surface area (Å²) in [6.45, 7) is 2.16. The summed E-state index contributed by atoms with van der Waals surface area (Å²) in [6, 6.07) is 0. The van der Waals surface area contributed by atoms with Crippen LogP contribution in [-0.4, -0.2) is 24.4 Å². The van der Waals surface area contributed by atoms with Crippen LogP contribution in [0.2, 0.25) is 0 Å². The summed E-state index contributed by atoms with van der Waals surface area (Å²) in [7, 11) is 1.43. The number of rotatable bonds is 15. The first-order chi connectivity index (χ1) is 11.2. The maximum atomic E-state index is 10.9. The quantitative estimate of drug-likeness (QED) is 0.143. The molecule has 0 aliphatic rings. The highest BCUT2D eigenvalue weighted by atomic mass is 17.1. The third kappa shape index (κ3) is 15.5. The average molecular weight is 326 g/mol. The first-order valence-electron chi connectivity index (χ1n) is 8.95. The second kappa shape index (κ2) is 17.2. The lowest BCUT2D eigenvalue weighted by Crippen LogP contribution is -2.06. The highest BCUT2D eigenvalue weighted by Crippen LogP contribution is 2.09. The highest BCUT2D eigenvalue weighted by molar-refractivity contribution is 5.68. The van der Waals surface area contributed by atoms with Gasteiger partial charge in [0, 0.05) is 6.42 Å². The minimum atomic E-state index is -0.194. The van der Waals surface area contributed by atoms with Crippen molar-refractivity contribution in [1.82, 2.24) is 0 Å². The molecule has 0 bridgehead atoms. The highest BCUT2D eigenvalue weighted by Gasteiger charge is 2.02. The molecule has 0 saturated carbocycles. The van der Waals surface area contributed by atoms with Gasteiger partial charge in [0.05, 0.1) is 7.11 Å². The molecule has 1 atom stereocenters. The van der Waals surface area contributed by atoms with Gasteiger partial charge >= 0.3 is 5.97 Å². The van der Waals surface area contributed by atoms with Crippen LogP contribution in [0.25, 0.3) is 0 Å². The van der Waals surface area contributed by atoms with Crippen LogP contribution in [0.3, 0.4) is 0 Å². The number of ether oxygens (including phenoxy) is 1. The molecule has 0 radical (unpaired) electrons. The molecule has 23 heavy (non-hydrogen) atoms. The molecular weight excluding hydrogens is 292 g/mol. The van der Waals surface area contributed by atoms with Gasteiger partial charge in [0.15, 0.2) is 0 Å². The fourth-order valence-electron chi connectivity index (χ4n) is 2.31. The Kier molecular flexibility index (Phi) is 16.4. The van der Waals surface area contributed by atoms with E-state index in [1.165, 1.54) is 39.2 Å². The molecule has 4 heteroatoms. The fourth-order valence-corrected chi connectivity index (χ4v) is 2.31. The largest absolute Gasteiger partial charge is 0.469 e. The summed E-state index contributed by atoms with van der Waals surface area (Å²) < 4.78 is 4.61. The molecule has 0 unspecified atom stereocenters. The normalized spacial score (nSPS) is 13.0. The Morgan fingerprint density at radius 1 is 1.04 bits per heavy atom. The number of carbonyl (C=O) groups excluding carboxylic acids is 1. The van der Waals surface area contributed by atoms with Crippen LogP contribution in [0.1, 0.15) is 77.6 Å². The van der Waals surface area contributed by atoms with E-state index in [1.54, 1.807) is 0 Å². The van der Waals surface area contributed by atoms with Gasteiger partial charge in [0.25, 0.3) is 0 Å². The molecule has 0 aliphatic heterocycles. The summed E-state index contributed by atoms with van der Waals surface area (Å²) in [5.74, 6) is -0.112. The summed E-state index contributed by atoms with van der Waals surface area (Å²) in [6.07, 6.45) is 19.2. The molecule has 1 N–H and O–H groups in total. The van der Waals surface area contributed by atoms with E-state index in [9.17, 15) is 4.79 Å². The standard InChI is InChI=1S/C19H34O4/c1-3-4-12-15-18(23-21)16-13-10-8-6-5-7-9-11-14-17-19(20)22-2/h8,10,13,16,18,21H,3-7,9,11-12,14-15,17H2,1-2H3/b10-8-,16-13+/t18-/m0/s1. The number of hydrogen-bond acceptors (Lipinski definition) is 4. The van der Waals surface area contributed by atoms with E-state index in [4.69, 9.17) is 5.26 Å². The van der Waals surface area contributed by atoms with Crippen molar-refractivity contribution in [2.24, 2.45) is 0 Å². The Hall–Kier alpha value is -1.13. The molecule has 0 fully saturated rings. The first kappa shape index (κ1) is 21.9. The van der Waals surface area contributed by atoms with E-state index in [1.807, 2.05) is 18.2 Å². The number of unbranched alkanes of at least 4 members (excludes halogenated alkanes) is 7. The zero-order valence-electron chi connectivity index (χ0n) is 14.8. The molecule has 0 aliphatic carbocycles. The molecular formula is C19H34O4. The van der Waals surface area contributed by atoms with Crippen LogP contribution in [0.15, 0.2) is 24.3 Å². The van der Waals surface area contributed by atoms with Crippen molar-refractivity contribution in [1.29, 1.82) is 0 Å². The van der Waals surface area contributed by atoms with E-state index < -0.39 is 0 Å². The lowest BCUT2D eigenvalue weighted by Gasteiger charge is -2.07. The Bertz CT molecular complexity index is 323. The summed E-state index contributed by atoms with van der Waals surface area (Å²) in [5, 5.41) is 8.81. The van der Waals surface area contributed by atoms with Crippen molar-refractivity contribution in [3.63, 3.8) is 0 Å². The first-order valence-corrected chi connectivity index (χ1v) is 8.95. The van der Waals surface area contributed by atoms with Crippen molar-refractivity contribution >= 4 is 5.97 Å².